The Balaban J connectivity index is 1.38. The van der Waals surface area contributed by atoms with Crippen LogP contribution >= 0.6 is 11.8 Å². The number of hydrogen-bond donors (Lipinski definition) is 2. The summed E-state index contributed by atoms with van der Waals surface area (Å²) in [6.45, 7) is 2.77. The summed E-state index contributed by atoms with van der Waals surface area (Å²) in [6, 6.07) is 16.2. The highest BCUT2D eigenvalue weighted by Gasteiger charge is 2.13. The summed E-state index contributed by atoms with van der Waals surface area (Å²) < 4.78 is 0. The van der Waals surface area contributed by atoms with Crippen LogP contribution in [0.25, 0.3) is 0 Å². The third-order valence-electron chi connectivity index (χ3n) is 5.37. The van der Waals surface area contributed by atoms with Gasteiger partial charge < -0.3 is 15.5 Å². The van der Waals surface area contributed by atoms with Gasteiger partial charge in [-0.25, -0.2) is 0 Å². The van der Waals surface area contributed by atoms with Crippen LogP contribution in [-0.2, 0) is 16.0 Å². The predicted octanol–water partition coefficient (Wildman–Crippen LogP) is 4.48. The largest absolute Gasteiger partial charge is 0.372 e. The van der Waals surface area contributed by atoms with Crippen LogP contribution in [-0.4, -0.2) is 37.7 Å². The van der Waals surface area contributed by atoms with Crippen LogP contribution in [0.1, 0.15) is 37.7 Å². The van der Waals surface area contributed by atoms with E-state index in [1.165, 1.54) is 36.9 Å². The lowest BCUT2D eigenvalue weighted by Crippen LogP contribution is -2.36. The Hall–Kier alpha value is -2.47. The van der Waals surface area contributed by atoms with Crippen LogP contribution in [0, 0.1) is 0 Å². The van der Waals surface area contributed by atoms with E-state index in [4.69, 9.17) is 0 Å². The van der Waals surface area contributed by atoms with Crippen LogP contribution in [0.3, 0.4) is 0 Å². The average Bonchev–Trinajstić information content (AvgIpc) is 3.06. The van der Waals surface area contributed by atoms with Crippen LogP contribution in [0.15, 0.2) is 53.4 Å². The van der Waals surface area contributed by atoms with Crippen molar-refractivity contribution in [3.8, 4) is 0 Å². The molecule has 0 unspecified atom stereocenters. The van der Waals surface area contributed by atoms with Crippen LogP contribution in [0.5, 0.6) is 0 Å². The molecule has 2 amide bonds. The summed E-state index contributed by atoms with van der Waals surface area (Å²) in [6.07, 6.45) is 8.86. The number of amides is 2. The summed E-state index contributed by atoms with van der Waals surface area (Å²) in [4.78, 5) is 27.6. The first-order valence-electron chi connectivity index (χ1n) is 10.7. The molecular formula is C24H31N3O2S. The first kappa shape index (κ1) is 22.2. The van der Waals surface area contributed by atoms with E-state index in [2.05, 4.69) is 39.8 Å². The third kappa shape index (κ3) is 6.80. The Bertz CT molecular complexity index is 831. The second kappa shape index (κ2) is 11.6. The molecule has 0 atom stereocenters. The summed E-state index contributed by atoms with van der Waals surface area (Å²) in [5.74, 6) is -1.23. The van der Waals surface area contributed by atoms with E-state index in [9.17, 15) is 9.59 Å². The summed E-state index contributed by atoms with van der Waals surface area (Å²) in [5, 5.41) is 5.35. The second-order valence-corrected chi connectivity index (χ2v) is 8.49. The molecule has 30 heavy (non-hydrogen) atoms. The van der Waals surface area contributed by atoms with Crippen LogP contribution in [0.4, 0.5) is 11.4 Å². The van der Waals surface area contributed by atoms with Gasteiger partial charge in [-0.1, -0.05) is 31.0 Å². The van der Waals surface area contributed by atoms with E-state index in [1.54, 1.807) is 17.8 Å². The SMILES string of the molecule is CSc1cccc(NC(=O)C(=O)NCCCc2ccc(N3CCCCCC3)cc2)c1. The molecule has 0 bridgehead atoms. The average molecular weight is 426 g/mol. The fourth-order valence-corrected chi connectivity index (χ4v) is 4.13. The molecule has 1 heterocycles. The smallest absolute Gasteiger partial charge is 0.313 e. The van der Waals surface area contributed by atoms with Gasteiger partial charge in [-0.2, -0.15) is 0 Å². The maximum Gasteiger partial charge on any atom is 0.313 e. The number of nitrogens with zero attached hydrogens (tertiary/aromatic N) is 1. The van der Waals surface area contributed by atoms with E-state index in [0.717, 1.165) is 30.8 Å². The molecule has 0 radical (unpaired) electrons. The molecule has 1 saturated heterocycles. The molecular weight excluding hydrogens is 394 g/mol. The number of thioether (sulfide) groups is 1. The minimum Gasteiger partial charge on any atom is -0.372 e. The number of anilines is 2. The van der Waals surface area contributed by atoms with Crippen molar-refractivity contribution in [3.05, 3.63) is 54.1 Å². The molecule has 5 nitrogen and oxygen atoms in total. The number of hydrogen-bond acceptors (Lipinski definition) is 4. The van der Waals surface area contributed by atoms with Crippen LogP contribution < -0.4 is 15.5 Å². The molecule has 2 N–H and O–H groups in total. The Kier molecular flexibility index (Phi) is 8.63. The summed E-state index contributed by atoms with van der Waals surface area (Å²) in [7, 11) is 0. The van der Waals surface area contributed by atoms with E-state index in [-0.39, 0.29) is 0 Å². The normalized spacial score (nSPS) is 14.1. The topological polar surface area (TPSA) is 61.4 Å². The van der Waals surface area contributed by atoms with Crippen molar-refractivity contribution in [2.45, 2.75) is 43.4 Å². The molecule has 6 heteroatoms. The number of aryl methyl sites for hydroxylation is 1. The first-order valence-corrected chi connectivity index (χ1v) is 12.0. The fourth-order valence-electron chi connectivity index (χ4n) is 3.67. The molecule has 2 aromatic rings. The Morgan fingerprint density at radius 3 is 2.40 bits per heavy atom. The maximum absolute atomic E-state index is 12.1. The molecule has 160 valence electrons. The quantitative estimate of drug-likeness (QED) is 0.390. The number of nitrogens with one attached hydrogen (secondary N) is 2. The Labute approximate surface area is 183 Å². The Morgan fingerprint density at radius 1 is 0.967 bits per heavy atom. The summed E-state index contributed by atoms with van der Waals surface area (Å²) in [5.41, 5.74) is 3.18. The molecule has 3 rings (SSSR count). The number of carbonyl (C=O) groups excluding carboxylic acids is 2. The maximum atomic E-state index is 12.1. The molecule has 1 aliphatic rings. The minimum absolute atomic E-state index is 0.477. The van der Waals surface area contributed by atoms with Crippen LogP contribution in [0.2, 0.25) is 0 Å². The highest BCUT2D eigenvalue weighted by molar-refractivity contribution is 7.98. The van der Waals surface area contributed by atoms with Crippen molar-refractivity contribution < 1.29 is 9.59 Å². The van der Waals surface area contributed by atoms with Gasteiger partial charge in [0.25, 0.3) is 0 Å². The van der Waals surface area contributed by atoms with Gasteiger partial charge in [-0.05, 0) is 67.8 Å². The lowest BCUT2D eigenvalue weighted by atomic mass is 10.1. The standard InChI is InChI=1S/C24H31N3O2S/c1-30-22-10-6-9-20(18-22)26-24(29)23(28)25-15-7-8-19-11-13-21(14-12-19)27-16-4-2-3-5-17-27/h6,9-14,18H,2-5,7-8,15-17H2,1H3,(H,25,28)(H,26,29). The highest BCUT2D eigenvalue weighted by atomic mass is 32.2. The van der Waals surface area contributed by atoms with E-state index >= 15 is 0 Å². The zero-order valence-corrected chi connectivity index (χ0v) is 18.5. The lowest BCUT2D eigenvalue weighted by Gasteiger charge is -2.22. The zero-order valence-electron chi connectivity index (χ0n) is 17.7. The molecule has 0 aliphatic carbocycles. The monoisotopic (exact) mass is 425 g/mol. The molecule has 2 aromatic carbocycles. The number of benzene rings is 2. The van der Waals surface area contributed by atoms with Crippen molar-refractivity contribution >= 4 is 35.0 Å². The van der Waals surface area contributed by atoms with Crippen molar-refractivity contribution in [2.75, 3.05) is 36.1 Å². The first-order chi connectivity index (χ1) is 14.7. The molecule has 1 aliphatic heterocycles. The van der Waals surface area contributed by atoms with Gasteiger partial charge in [-0.3, -0.25) is 9.59 Å². The van der Waals surface area contributed by atoms with Crippen molar-refractivity contribution in [3.63, 3.8) is 0 Å². The lowest BCUT2D eigenvalue weighted by molar-refractivity contribution is -0.136. The van der Waals surface area contributed by atoms with Gasteiger partial charge in [0.05, 0.1) is 0 Å². The fraction of sp³-hybridized carbons (Fsp3) is 0.417. The molecule has 0 saturated carbocycles. The highest BCUT2D eigenvalue weighted by Crippen LogP contribution is 2.21. The zero-order chi connectivity index (χ0) is 21.2. The molecule has 0 spiro atoms. The van der Waals surface area contributed by atoms with E-state index < -0.39 is 11.8 Å². The van der Waals surface area contributed by atoms with Gasteiger partial charge >= 0.3 is 11.8 Å². The van der Waals surface area contributed by atoms with Gasteiger partial charge in [-0.15, -0.1) is 11.8 Å². The van der Waals surface area contributed by atoms with Crippen molar-refractivity contribution in [1.29, 1.82) is 0 Å². The number of carbonyl (C=O) groups is 2. The Morgan fingerprint density at radius 2 is 1.70 bits per heavy atom. The second-order valence-electron chi connectivity index (χ2n) is 7.61. The van der Waals surface area contributed by atoms with Gasteiger partial charge in [0, 0.05) is 35.9 Å². The molecule has 0 aromatic heterocycles. The number of rotatable bonds is 7. The predicted molar refractivity (Wildman–Crippen MR) is 125 cm³/mol. The third-order valence-corrected chi connectivity index (χ3v) is 6.09. The minimum atomic E-state index is -0.630. The van der Waals surface area contributed by atoms with Gasteiger partial charge in [0.15, 0.2) is 0 Å². The summed E-state index contributed by atoms with van der Waals surface area (Å²) >= 11 is 1.59. The van der Waals surface area contributed by atoms with E-state index in [1.807, 2.05) is 24.5 Å². The van der Waals surface area contributed by atoms with Gasteiger partial charge in [0.2, 0.25) is 0 Å². The van der Waals surface area contributed by atoms with Gasteiger partial charge in [0.1, 0.15) is 0 Å². The van der Waals surface area contributed by atoms with Crippen molar-refractivity contribution in [2.24, 2.45) is 0 Å². The van der Waals surface area contributed by atoms with Crippen molar-refractivity contribution in [1.82, 2.24) is 5.32 Å². The molecule has 1 fully saturated rings. The van der Waals surface area contributed by atoms with E-state index in [0.29, 0.717) is 12.2 Å².